The fraction of sp³-hybridized carbons (Fsp3) is 0.333. The van der Waals surface area contributed by atoms with E-state index in [0.717, 1.165) is 11.8 Å². The number of hydrogen-bond donors (Lipinski definition) is 1. The summed E-state index contributed by atoms with van der Waals surface area (Å²) in [5.41, 5.74) is 0.423. The number of rotatable bonds is 9. The van der Waals surface area contributed by atoms with E-state index in [-0.39, 0.29) is 24.1 Å². The van der Waals surface area contributed by atoms with Crippen molar-refractivity contribution in [2.24, 2.45) is 0 Å². The van der Waals surface area contributed by atoms with E-state index in [1.807, 2.05) is 0 Å². The molecule has 8 nitrogen and oxygen atoms in total. The zero-order valence-corrected chi connectivity index (χ0v) is 16.0. The van der Waals surface area contributed by atoms with E-state index in [4.69, 9.17) is 14.0 Å². The number of methoxy groups -OCH3 is 1. The van der Waals surface area contributed by atoms with Crippen LogP contribution < -0.4 is 10.1 Å². The lowest BCUT2D eigenvalue weighted by atomic mass is 10.1. The molecule has 1 atom stereocenters. The van der Waals surface area contributed by atoms with E-state index < -0.39 is 11.2 Å². The third-order valence-electron chi connectivity index (χ3n) is 3.48. The number of carbonyl (C=O) groups excluding carboxylic acids is 3. The number of Topliss-reactive ketones (excluding diaryl/α,β-unsaturated/α-hetero) is 1. The number of aryl methyl sites for hydroxylation is 1. The Kier molecular flexibility index (Phi) is 7.42. The van der Waals surface area contributed by atoms with E-state index in [1.165, 1.54) is 7.11 Å². The largest absolute Gasteiger partial charge is 0.497 e. The van der Waals surface area contributed by atoms with Crippen molar-refractivity contribution in [2.45, 2.75) is 19.1 Å². The van der Waals surface area contributed by atoms with E-state index in [1.54, 1.807) is 44.2 Å². The predicted molar refractivity (Wildman–Crippen MR) is 100 cm³/mol. The molecular weight excluding hydrogens is 372 g/mol. The van der Waals surface area contributed by atoms with Crippen molar-refractivity contribution in [1.29, 1.82) is 0 Å². The van der Waals surface area contributed by atoms with Crippen LogP contribution in [0.3, 0.4) is 0 Å². The molecule has 0 fully saturated rings. The van der Waals surface area contributed by atoms with Gasteiger partial charge in [0.1, 0.15) is 11.5 Å². The highest BCUT2D eigenvalue weighted by Crippen LogP contribution is 2.15. The molecule has 27 heavy (non-hydrogen) atoms. The molecule has 0 spiro atoms. The first-order valence-electron chi connectivity index (χ1n) is 8.07. The molecular formula is C18H20N2O6S. The Morgan fingerprint density at radius 3 is 2.56 bits per heavy atom. The molecule has 0 saturated heterocycles. The number of carbonyl (C=O) groups is 3. The van der Waals surface area contributed by atoms with Gasteiger partial charge < -0.3 is 19.3 Å². The summed E-state index contributed by atoms with van der Waals surface area (Å²) in [5, 5.41) is 5.75. The molecule has 0 bridgehead atoms. The summed E-state index contributed by atoms with van der Waals surface area (Å²) in [5.74, 6) is 0.279. The summed E-state index contributed by atoms with van der Waals surface area (Å²) in [7, 11) is 1.53. The third kappa shape index (κ3) is 6.45. The summed E-state index contributed by atoms with van der Waals surface area (Å²) in [6, 6.07) is 8.10. The molecule has 2 rings (SSSR count). The van der Waals surface area contributed by atoms with Gasteiger partial charge in [-0.1, -0.05) is 5.16 Å². The molecule has 0 unspecified atom stereocenters. The minimum absolute atomic E-state index is 0.0533. The molecule has 0 aliphatic heterocycles. The molecule has 9 heteroatoms. The zero-order valence-electron chi connectivity index (χ0n) is 15.2. The quantitative estimate of drug-likeness (QED) is 0.512. The van der Waals surface area contributed by atoms with Crippen LogP contribution in [0.4, 0.5) is 5.82 Å². The van der Waals surface area contributed by atoms with Gasteiger partial charge in [-0.25, -0.2) is 0 Å². The monoisotopic (exact) mass is 392 g/mol. The second kappa shape index (κ2) is 9.77. The topological polar surface area (TPSA) is 108 Å². The maximum atomic E-state index is 12.0. The van der Waals surface area contributed by atoms with Crippen molar-refractivity contribution in [3.8, 4) is 5.75 Å². The number of nitrogens with zero attached hydrogens (tertiary/aromatic N) is 1. The molecule has 1 amide bonds. The molecule has 2 aromatic rings. The van der Waals surface area contributed by atoms with Crippen LogP contribution in [0.2, 0.25) is 0 Å². The van der Waals surface area contributed by atoms with E-state index in [9.17, 15) is 14.4 Å². The van der Waals surface area contributed by atoms with Crippen molar-refractivity contribution in [2.75, 3.05) is 24.8 Å². The molecule has 1 aromatic carbocycles. The molecule has 0 radical (unpaired) electrons. The van der Waals surface area contributed by atoms with Gasteiger partial charge >= 0.3 is 5.97 Å². The van der Waals surface area contributed by atoms with Gasteiger partial charge in [-0.15, -0.1) is 11.8 Å². The van der Waals surface area contributed by atoms with Crippen molar-refractivity contribution >= 4 is 35.2 Å². The molecule has 1 aromatic heterocycles. The van der Waals surface area contributed by atoms with Crippen LogP contribution in [0.5, 0.6) is 5.75 Å². The smallest absolute Gasteiger partial charge is 0.316 e. The number of esters is 1. The zero-order chi connectivity index (χ0) is 19.8. The first-order chi connectivity index (χ1) is 12.9. The maximum absolute atomic E-state index is 12.0. The fourth-order valence-corrected chi connectivity index (χ4v) is 2.65. The molecule has 144 valence electrons. The summed E-state index contributed by atoms with van der Waals surface area (Å²) in [4.78, 5) is 35.8. The van der Waals surface area contributed by atoms with E-state index in [2.05, 4.69) is 10.5 Å². The van der Waals surface area contributed by atoms with Gasteiger partial charge in [-0.2, -0.15) is 0 Å². The van der Waals surface area contributed by atoms with Crippen LogP contribution in [0, 0.1) is 6.92 Å². The Hall–Kier alpha value is -2.81. The maximum Gasteiger partial charge on any atom is 0.316 e. The first kappa shape index (κ1) is 20.5. The van der Waals surface area contributed by atoms with Gasteiger partial charge in [0.15, 0.2) is 18.2 Å². The first-order valence-corrected chi connectivity index (χ1v) is 9.12. The summed E-state index contributed by atoms with van der Waals surface area (Å²) in [6.07, 6.45) is 0. The van der Waals surface area contributed by atoms with E-state index in [0.29, 0.717) is 22.9 Å². The van der Waals surface area contributed by atoms with Crippen LogP contribution in [-0.2, 0) is 14.3 Å². The van der Waals surface area contributed by atoms with Gasteiger partial charge in [-0.3, -0.25) is 14.4 Å². The fourth-order valence-electron chi connectivity index (χ4n) is 1.97. The highest BCUT2D eigenvalue weighted by molar-refractivity contribution is 8.01. The molecule has 1 N–H and O–H groups in total. The standard InChI is InChI=1S/C18H20N2O6S/c1-11-8-16(20-26-11)19-18(23)12(2)27-10-17(22)25-9-15(21)13-4-6-14(24-3)7-5-13/h4-8,12H,9-10H2,1-3H3,(H,19,20,23)/t12-/m1/s1. The summed E-state index contributed by atoms with van der Waals surface area (Å²) < 4.78 is 14.8. The number of anilines is 1. The van der Waals surface area contributed by atoms with Crippen LogP contribution in [-0.4, -0.2) is 47.5 Å². The van der Waals surface area contributed by atoms with Crippen LogP contribution in [0.25, 0.3) is 0 Å². The number of hydrogen-bond acceptors (Lipinski definition) is 8. The van der Waals surface area contributed by atoms with Gasteiger partial charge in [-0.05, 0) is 38.1 Å². The number of nitrogens with one attached hydrogen (secondary N) is 1. The third-order valence-corrected chi connectivity index (χ3v) is 4.59. The molecule has 0 saturated carbocycles. The highest BCUT2D eigenvalue weighted by atomic mass is 32.2. The van der Waals surface area contributed by atoms with Crippen molar-refractivity contribution in [3.05, 3.63) is 41.7 Å². The lowest BCUT2D eigenvalue weighted by Gasteiger charge is -2.10. The Morgan fingerprint density at radius 1 is 1.26 bits per heavy atom. The lowest BCUT2D eigenvalue weighted by molar-refractivity contribution is -0.139. The number of benzene rings is 1. The Balaban J connectivity index is 1.71. The number of ether oxygens (including phenoxy) is 2. The molecule has 0 aliphatic carbocycles. The van der Waals surface area contributed by atoms with Crippen LogP contribution in [0.1, 0.15) is 23.0 Å². The Labute approximate surface area is 160 Å². The van der Waals surface area contributed by atoms with Crippen molar-refractivity contribution < 1.29 is 28.4 Å². The van der Waals surface area contributed by atoms with Gasteiger partial charge in [0.2, 0.25) is 5.91 Å². The lowest BCUT2D eigenvalue weighted by Crippen LogP contribution is -2.24. The number of thioether (sulfide) groups is 1. The minimum atomic E-state index is -0.571. The molecule has 1 heterocycles. The second-order valence-electron chi connectivity index (χ2n) is 5.58. The normalized spacial score (nSPS) is 11.5. The van der Waals surface area contributed by atoms with Gasteiger partial charge in [0.25, 0.3) is 0 Å². The minimum Gasteiger partial charge on any atom is -0.497 e. The number of amides is 1. The predicted octanol–water partition coefficient (Wildman–Crippen LogP) is 2.48. The Bertz CT molecular complexity index is 802. The van der Waals surface area contributed by atoms with Gasteiger partial charge in [0.05, 0.1) is 18.1 Å². The average molecular weight is 392 g/mol. The number of aromatic nitrogens is 1. The van der Waals surface area contributed by atoms with Crippen LogP contribution >= 0.6 is 11.8 Å². The average Bonchev–Trinajstić information content (AvgIpc) is 3.08. The summed E-state index contributed by atoms with van der Waals surface area (Å²) >= 11 is 1.10. The van der Waals surface area contributed by atoms with Crippen molar-refractivity contribution in [1.82, 2.24) is 5.16 Å². The highest BCUT2D eigenvalue weighted by Gasteiger charge is 2.18. The Morgan fingerprint density at radius 2 is 1.96 bits per heavy atom. The van der Waals surface area contributed by atoms with E-state index >= 15 is 0 Å². The van der Waals surface area contributed by atoms with Gasteiger partial charge in [0, 0.05) is 11.6 Å². The number of ketones is 1. The van der Waals surface area contributed by atoms with Crippen molar-refractivity contribution in [3.63, 3.8) is 0 Å². The summed E-state index contributed by atoms with van der Waals surface area (Å²) in [6.45, 7) is 3.01. The van der Waals surface area contributed by atoms with Crippen LogP contribution in [0.15, 0.2) is 34.9 Å². The SMILES string of the molecule is COc1ccc(C(=O)COC(=O)CS[C@H](C)C(=O)Nc2cc(C)on2)cc1. The second-order valence-corrected chi connectivity index (χ2v) is 6.91. The molecule has 0 aliphatic rings.